The van der Waals surface area contributed by atoms with Gasteiger partial charge in [0.25, 0.3) is 0 Å². The highest BCUT2D eigenvalue weighted by Crippen LogP contribution is 2.43. The van der Waals surface area contributed by atoms with Crippen LogP contribution in [0, 0.1) is 0 Å². The lowest BCUT2D eigenvalue weighted by Crippen LogP contribution is -2.26. The second kappa shape index (κ2) is 3.73. The van der Waals surface area contributed by atoms with E-state index >= 15 is 0 Å². The van der Waals surface area contributed by atoms with Gasteiger partial charge in [0, 0.05) is 0 Å². The lowest BCUT2D eigenvalue weighted by atomic mass is 9.98. The Balaban J connectivity index is 1.61. The normalized spacial score (nSPS) is 27.9. The Morgan fingerprint density at radius 1 is 1.44 bits per heavy atom. The van der Waals surface area contributed by atoms with E-state index in [1.807, 2.05) is 0 Å². The fourth-order valence-corrected chi connectivity index (χ4v) is 3.02. The molecule has 1 atom stereocenters. The van der Waals surface area contributed by atoms with Gasteiger partial charge in [-0.1, -0.05) is 12.8 Å². The number of aromatic nitrogens is 3. The number of ether oxygens (including phenoxy) is 1. The van der Waals surface area contributed by atoms with Crippen molar-refractivity contribution >= 4 is 5.95 Å². The molecular formula is C11H18N4O. The van der Waals surface area contributed by atoms with Gasteiger partial charge in [-0.25, -0.2) is 9.67 Å². The second-order valence-electron chi connectivity index (χ2n) is 4.99. The van der Waals surface area contributed by atoms with Crippen LogP contribution in [0.2, 0.25) is 0 Å². The summed E-state index contributed by atoms with van der Waals surface area (Å²) in [6, 6.07) is 0. The van der Waals surface area contributed by atoms with Crippen LogP contribution >= 0.6 is 0 Å². The fourth-order valence-electron chi connectivity index (χ4n) is 3.02. The molecule has 0 bridgehead atoms. The van der Waals surface area contributed by atoms with Gasteiger partial charge in [0.2, 0.25) is 5.95 Å². The van der Waals surface area contributed by atoms with Gasteiger partial charge >= 0.3 is 0 Å². The third kappa shape index (κ3) is 1.80. The Kier molecular flexibility index (Phi) is 2.35. The van der Waals surface area contributed by atoms with Crippen LogP contribution in [-0.4, -0.2) is 26.5 Å². The van der Waals surface area contributed by atoms with Crippen molar-refractivity contribution in [1.82, 2.24) is 14.8 Å². The average molecular weight is 222 g/mol. The van der Waals surface area contributed by atoms with Crippen molar-refractivity contribution in [3.05, 3.63) is 6.33 Å². The summed E-state index contributed by atoms with van der Waals surface area (Å²) in [6.07, 6.45) is 9.44. The summed E-state index contributed by atoms with van der Waals surface area (Å²) >= 11 is 0. The van der Waals surface area contributed by atoms with Gasteiger partial charge in [-0.15, -0.1) is 5.10 Å². The number of nitrogens with two attached hydrogens (primary N) is 1. The van der Waals surface area contributed by atoms with Crippen LogP contribution in [0.4, 0.5) is 5.95 Å². The molecule has 0 aromatic carbocycles. The third-order valence-electron chi connectivity index (χ3n) is 3.80. The summed E-state index contributed by atoms with van der Waals surface area (Å²) in [5.41, 5.74) is 5.69. The van der Waals surface area contributed by atoms with Gasteiger partial charge in [0.15, 0.2) is 0 Å². The average Bonchev–Trinajstić information content (AvgIpc) is 2.94. The van der Waals surface area contributed by atoms with E-state index in [0.29, 0.717) is 12.1 Å². The van der Waals surface area contributed by atoms with E-state index in [1.165, 1.54) is 32.1 Å². The van der Waals surface area contributed by atoms with Crippen molar-refractivity contribution in [3.8, 4) is 0 Å². The molecule has 1 aliphatic carbocycles. The first-order valence-corrected chi connectivity index (χ1v) is 6.09. The van der Waals surface area contributed by atoms with Crippen molar-refractivity contribution < 1.29 is 4.74 Å². The Morgan fingerprint density at radius 3 is 2.94 bits per heavy atom. The molecule has 1 aromatic rings. The zero-order valence-electron chi connectivity index (χ0n) is 9.43. The monoisotopic (exact) mass is 222 g/mol. The number of nitrogen functional groups attached to an aromatic ring is 1. The molecule has 0 radical (unpaired) electrons. The van der Waals surface area contributed by atoms with Crippen LogP contribution in [-0.2, 0) is 11.3 Å². The van der Waals surface area contributed by atoms with Crippen LogP contribution in [0.15, 0.2) is 6.33 Å². The molecule has 3 rings (SSSR count). The first-order valence-electron chi connectivity index (χ1n) is 6.09. The molecule has 1 spiro atoms. The minimum absolute atomic E-state index is 0.205. The number of nitrogens with zero attached hydrogens (tertiary/aromatic N) is 3. The molecule has 1 aliphatic heterocycles. The zero-order chi connectivity index (χ0) is 11.0. The molecule has 2 fully saturated rings. The molecule has 0 amide bonds. The second-order valence-corrected chi connectivity index (χ2v) is 4.99. The molecule has 2 heterocycles. The maximum absolute atomic E-state index is 6.19. The number of rotatable bonds is 2. The highest BCUT2D eigenvalue weighted by Gasteiger charge is 2.42. The van der Waals surface area contributed by atoms with Crippen molar-refractivity contribution in [2.45, 2.75) is 56.8 Å². The smallest absolute Gasteiger partial charge is 0.239 e. The summed E-state index contributed by atoms with van der Waals surface area (Å²) in [6.45, 7) is 0.784. The van der Waals surface area contributed by atoms with Crippen LogP contribution in [0.5, 0.6) is 0 Å². The van der Waals surface area contributed by atoms with Crippen LogP contribution in [0.3, 0.4) is 0 Å². The highest BCUT2D eigenvalue weighted by molar-refractivity contribution is 5.09. The molecule has 16 heavy (non-hydrogen) atoms. The van der Waals surface area contributed by atoms with Crippen molar-refractivity contribution in [2.24, 2.45) is 0 Å². The summed E-state index contributed by atoms with van der Waals surface area (Å²) in [4.78, 5) is 3.92. The van der Waals surface area contributed by atoms with Gasteiger partial charge < -0.3 is 10.5 Å². The molecule has 2 aliphatic rings. The van der Waals surface area contributed by atoms with Crippen LogP contribution < -0.4 is 5.73 Å². The van der Waals surface area contributed by atoms with Gasteiger partial charge in [0.05, 0.1) is 18.2 Å². The molecule has 1 unspecified atom stereocenters. The predicted octanol–water partition coefficient (Wildman–Crippen LogP) is 1.35. The molecule has 88 valence electrons. The largest absolute Gasteiger partial charge is 0.370 e. The number of hydrogen-bond donors (Lipinski definition) is 1. The molecule has 1 saturated heterocycles. The molecular weight excluding hydrogens is 204 g/mol. The van der Waals surface area contributed by atoms with E-state index in [4.69, 9.17) is 10.5 Å². The van der Waals surface area contributed by atoms with E-state index in [1.54, 1.807) is 11.0 Å². The van der Waals surface area contributed by atoms with E-state index in [2.05, 4.69) is 10.1 Å². The fraction of sp³-hybridized carbons (Fsp3) is 0.818. The first kappa shape index (κ1) is 10.1. The van der Waals surface area contributed by atoms with Gasteiger partial charge in [-0.3, -0.25) is 0 Å². The Morgan fingerprint density at radius 2 is 2.25 bits per heavy atom. The van der Waals surface area contributed by atoms with E-state index in [0.717, 1.165) is 13.0 Å². The standard InChI is InChI=1S/C11H18N4O/c12-10-13-8-15(14-10)7-9-3-6-11(16-9)4-1-2-5-11/h8-9H,1-7H2,(H2,12,14). The van der Waals surface area contributed by atoms with Crippen LogP contribution in [0.25, 0.3) is 0 Å². The third-order valence-corrected chi connectivity index (χ3v) is 3.80. The predicted molar refractivity (Wildman–Crippen MR) is 59.7 cm³/mol. The lowest BCUT2D eigenvalue weighted by molar-refractivity contribution is -0.0429. The van der Waals surface area contributed by atoms with Gasteiger partial charge in [0.1, 0.15) is 6.33 Å². The van der Waals surface area contributed by atoms with E-state index in [-0.39, 0.29) is 5.60 Å². The zero-order valence-corrected chi connectivity index (χ0v) is 9.43. The van der Waals surface area contributed by atoms with Crippen LogP contribution in [0.1, 0.15) is 38.5 Å². The molecule has 2 N–H and O–H groups in total. The first-order chi connectivity index (χ1) is 7.76. The van der Waals surface area contributed by atoms with E-state index in [9.17, 15) is 0 Å². The molecule has 1 aromatic heterocycles. The summed E-state index contributed by atoms with van der Waals surface area (Å²) in [5, 5.41) is 4.09. The minimum atomic E-state index is 0.205. The number of hydrogen-bond acceptors (Lipinski definition) is 4. The molecule has 5 heteroatoms. The Hall–Kier alpha value is -1.10. The van der Waals surface area contributed by atoms with Crippen molar-refractivity contribution in [1.29, 1.82) is 0 Å². The lowest BCUT2D eigenvalue weighted by Gasteiger charge is -2.23. The van der Waals surface area contributed by atoms with Crippen molar-refractivity contribution in [2.75, 3.05) is 5.73 Å². The van der Waals surface area contributed by atoms with E-state index < -0.39 is 0 Å². The molecule has 1 saturated carbocycles. The van der Waals surface area contributed by atoms with Gasteiger partial charge in [-0.05, 0) is 25.7 Å². The number of anilines is 1. The summed E-state index contributed by atoms with van der Waals surface area (Å²) < 4.78 is 7.98. The quantitative estimate of drug-likeness (QED) is 0.820. The topological polar surface area (TPSA) is 66.0 Å². The summed E-state index contributed by atoms with van der Waals surface area (Å²) in [7, 11) is 0. The van der Waals surface area contributed by atoms with Gasteiger partial charge in [-0.2, -0.15) is 0 Å². The summed E-state index contributed by atoms with van der Waals surface area (Å²) in [5.74, 6) is 0.341. The SMILES string of the molecule is Nc1ncn(CC2CCC3(CCCC3)O2)n1. The maximum atomic E-state index is 6.19. The maximum Gasteiger partial charge on any atom is 0.239 e. The molecule has 5 nitrogen and oxygen atoms in total. The Labute approximate surface area is 95.0 Å². The minimum Gasteiger partial charge on any atom is -0.370 e. The highest BCUT2D eigenvalue weighted by atomic mass is 16.5. The van der Waals surface area contributed by atoms with Crippen molar-refractivity contribution in [3.63, 3.8) is 0 Å². The Bertz CT molecular complexity index is 370.